The number of benzene rings is 1. The van der Waals surface area contributed by atoms with E-state index in [1.165, 1.54) is 25.3 Å². The highest BCUT2D eigenvalue weighted by molar-refractivity contribution is 5.85. The van der Waals surface area contributed by atoms with Gasteiger partial charge in [-0.05, 0) is 42.9 Å². The Kier molecular flexibility index (Phi) is 6.15. The fourth-order valence-corrected chi connectivity index (χ4v) is 4.49. The molecular weight excluding hydrogens is 362 g/mol. The van der Waals surface area contributed by atoms with Gasteiger partial charge in [-0.2, -0.15) is 0 Å². The van der Waals surface area contributed by atoms with Crippen LogP contribution in [-0.2, 0) is 9.53 Å². The standard InChI is InChI=1S/C19H24F2N2O2.ClH/c20-14-6-5-13(9-15(14)21)18-11-23(7-8-25-18)19(24)17-10-12-3-1-2-4-16(12)22-17;/h5-6,9,12,16-18,22H,1-4,7-8,10-11H2;1H. The number of hydrogen-bond donors (Lipinski definition) is 1. The minimum Gasteiger partial charge on any atom is -0.370 e. The van der Waals surface area contributed by atoms with Crippen LogP contribution in [0.5, 0.6) is 0 Å². The minimum atomic E-state index is -0.883. The highest BCUT2D eigenvalue weighted by Crippen LogP contribution is 2.34. The molecular formula is C19H25ClF2N2O2. The molecule has 26 heavy (non-hydrogen) atoms. The van der Waals surface area contributed by atoms with Gasteiger partial charge in [-0.25, -0.2) is 8.78 Å². The first-order valence-corrected chi connectivity index (χ1v) is 9.23. The monoisotopic (exact) mass is 386 g/mol. The van der Waals surface area contributed by atoms with E-state index in [-0.39, 0.29) is 24.4 Å². The Bertz CT molecular complexity index is 646. The zero-order chi connectivity index (χ0) is 17.4. The second kappa shape index (κ2) is 8.19. The first kappa shape index (κ1) is 19.5. The van der Waals surface area contributed by atoms with Crippen LogP contribution in [0.2, 0.25) is 0 Å². The van der Waals surface area contributed by atoms with Crippen LogP contribution in [0.4, 0.5) is 8.78 Å². The van der Waals surface area contributed by atoms with Crippen molar-refractivity contribution in [2.24, 2.45) is 5.92 Å². The van der Waals surface area contributed by atoms with E-state index in [2.05, 4.69) is 5.32 Å². The molecule has 3 aliphatic rings. The Balaban J connectivity index is 0.00000196. The Hall–Kier alpha value is -1.24. The van der Waals surface area contributed by atoms with Gasteiger partial charge in [0.05, 0.1) is 19.2 Å². The molecule has 4 unspecified atom stereocenters. The lowest BCUT2D eigenvalue weighted by atomic mass is 9.85. The molecule has 1 N–H and O–H groups in total. The molecule has 4 nitrogen and oxygen atoms in total. The molecule has 1 aromatic rings. The third kappa shape index (κ3) is 3.87. The molecule has 2 aliphatic heterocycles. The summed E-state index contributed by atoms with van der Waals surface area (Å²) < 4.78 is 32.3. The van der Waals surface area contributed by atoms with Crippen LogP contribution in [0.25, 0.3) is 0 Å². The van der Waals surface area contributed by atoms with Gasteiger partial charge in [-0.3, -0.25) is 4.79 Å². The number of rotatable bonds is 2. The molecule has 0 radical (unpaired) electrons. The Labute approximate surface area is 158 Å². The lowest BCUT2D eigenvalue weighted by Gasteiger charge is -2.34. The summed E-state index contributed by atoms with van der Waals surface area (Å²) in [5.41, 5.74) is 0.574. The summed E-state index contributed by atoms with van der Waals surface area (Å²) in [6, 6.07) is 4.16. The lowest BCUT2D eigenvalue weighted by molar-refractivity contribution is -0.141. The van der Waals surface area contributed by atoms with Gasteiger partial charge < -0.3 is 15.0 Å². The topological polar surface area (TPSA) is 41.6 Å². The molecule has 1 aromatic carbocycles. The quantitative estimate of drug-likeness (QED) is 0.848. The van der Waals surface area contributed by atoms with E-state index in [9.17, 15) is 13.6 Å². The van der Waals surface area contributed by atoms with Crippen LogP contribution < -0.4 is 5.32 Å². The summed E-state index contributed by atoms with van der Waals surface area (Å²) in [7, 11) is 0. The summed E-state index contributed by atoms with van der Waals surface area (Å²) in [5, 5.41) is 3.52. The fourth-order valence-electron chi connectivity index (χ4n) is 4.49. The Morgan fingerprint density at radius 3 is 2.77 bits per heavy atom. The van der Waals surface area contributed by atoms with Crippen molar-refractivity contribution in [3.8, 4) is 0 Å². The maximum atomic E-state index is 13.5. The zero-order valence-electron chi connectivity index (χ0n) is 14.6. The number of morpholine rings is 1. The van der Waals surface area contributed by atoms with Crippen LogP contribution in [0, 0.1) is 17.6 Å². The lowest BCUT2D eigenvalue weighted by Crippen LogP contribution is -2.50. The van der Waals surface area contributed by atoms with Crippen molar-refractivity contribution in [3.63, 3.8) is 0 Å². The van der Waals surface area contributed by atoms with Crippen LogP contribution in [-0.4, -0.2) is 42.6 Å². The highest BCUT2D eigenvalue weighted by atomic mass is 35.5. The number of halogens is 3. The summed E-state index contributed by atoms with van der Waals surface area (Å²) >= 11 is 0. The van der Waals surface area contributed by atoms with Crippen molar-refractivity contribution in [2.75, 3.05) is 19.7 Å². The molecule has 1 amide bonds. The summed E-state index contributed by atoms with van der Waals surface area (Å²) in [4.78, 5) is 14.7. The molecule has 7 heteroatoms. The largest absolute Gasteiger partial charge is 0.370 e. The van der Waals surface area contributed by atoms with Crippen molar-refractivity contribution in [1.29, 1.82) is 0 Å². The molecule has 144 valence electrons. The van der Waals surface area contributed by atoms with E-state index in [0.29, 0.717) is 37.2 Å². The molecule has 3 fully saturated rings. The van der Waals surface area contributed by atoms with Gasteiger partial charge in [-0.15, -0.1) is 12.4 Å². The second-order valence-electron chi connectivity index (χ2n) is 7.42. The predicted molar refractivity (Wildman–Crippen MR) is 96.2 cm³/mol. The first-order valence-electron chi connectivity index (χ1n) is 9.23. The highest BCUT2D eigenvalue weighted by Gasteiger charge is 2.40. The number of nitrogens with one attached hydrogen (secondary N) is 1. The maximum absolute atomic E-state index is 13.5. The average Bonchev–Trinajstić information content (AvgIpc) is 3.07. The van der Waals surface area contributed by atoms with Gasteiger partial charge in [-0.1, -0.05) is 18.9 Å². The third-order valence-corrected chi connectivity index (χ3v) is 5.85. The van der Waals surface area contributed by atoms with Crippen molar-refractivity contribution in [1.82, 2.24) is 10.2 Å². The molecule has 1 saturated carbocycles. The van der Waals surface area contributed by atoms with Crippen LogP contribution in [0.15, 0.2) is 18.2 Å². The molecule has 0 spiro atoms. The van der Waals surface area contributed by atoms with Gasteiger partial charge >= 0.3 is 0 Å². The molecule has 0 bridgehead atoms. The predicted octanol–water partition coefficient (Wildman–Crippen LogP) is 3.21. The Morgan fingerprint density at radius 2 is 2.00 bits per heavy atom. The van der Waals surface area contributed by atoms with E-state index in [4.69, 9.17) is 4.74 Å². The second-order valence-corrected chi connectivity index (χ2v) is 7.42. The van der Waals surface area contributed by atoms with E-state index >= 15 is 0 Å². The van der Waals surface area contributed by atoms with Gasteiger partial charge in [0, 0.05) is 12.6 Å². The molecule has 1 aliphatic carbocycles. The molecule has 4 atom stereocenters. The number of carbonyl (C=O) groups excluding carboxylic acids is 1. The minimum absolute atomic E-state index is 0. The SMILES string of the molecule is Cl.O=C(C1CC2CCCCC2N1)N1CCOC(c2ccc(F)c(F)c2)C1. The van der Waals surface area contributed by atoms with Crippen molar-refractivity contribution >= 4 is 18.3 Å². The number of carbonyl (C=O) groups is 1. The van der Waals surface area contributed by atoms with E-state index in [0.717, 1.165) is 25.0 Å². The summed E-state index contributed by atoms with van der Waals surface area (Å²) in [6.45, 7) is 1.35. The number of hydrogen-bond acceptors (Lipinski definition) is 3. The molecule has 2 saturated heterocycles. The average molecular weight is 387 g/mol. The van der Waals surface area contributed by atoms with Gasteiger partial charge in [0.25, 0.3) is 0 Å². The fraction of sp³-hybridized carbons (Fsp3) is 0.632. The van der Waals surface area contributed by atoms with Crippen molar-refractivity contribution in [3.05, 3.63) is 35.4 Å². The Morgan fingerprint density at radius 1 is 1.19 bits per heavy atom. The van der Waals surface area contributed by atoms with Gasteiger partial charge in [0.2, 0.25) is 5.91 Å². The normalized spacial score (nSPS) is 31.2. The maximum Gasteiger partial charge on any atom is 0.239 e. The van der Waals surface area contributed by atoms with Gasteiger partial charge in [0.15, 0.2) is 11.6 Å². The van der Waals surface area contributed by atoms with E-state index < -0.39 is 17.7 Å². The van der Waals surface area contributed by atoms with Crippen LogP contribution >= 0.6 is 12.4 Å². The molecule has 4 rings (SSSR count). The number of amides is 1. The smallest absolute Gasteiger partial charge is 0.239 e. The van der Waals surface area contributed by atoms with Crippen molar-refractivity contribution in [2.45, 2.75) is 50.3 Å². The van der Waals surface area contributed by atoms with Gasteiger partial charge in [0.1, 0.15) is 6.10 Å². The van der Waals surface area contributed by atoms with Crippen LogP contribution in [0.3, 0.4) is 0 Å². The molecule has 2 heterocycles. The van der Waals surface area contributed by atoms with E-state index in [1.807, 2.05) is 4.90 Å². The van der Waals surface area contributed by atoms with Crippen molar-refractivity contribution < 1.29 is 18.3 Å². The molecule has 0 aromatic heterocycles. The first-order chi connectivity index (χ1) is 12.1. The zero-order valence-corrected chi connectivity index (χ0v) is 15.4. The number of nitrogens with zero attached hydrogens (tertiary/aromatic N) is 1. The summed E-state index contributed by atoms with van der Waals surface area (Å²) in [6.07, 6.45) is 5.38. The number of ether oxygens (including phenoxy) is 1. The summed E-state index contributed by atoms with van der Waals surface area (Å²) in [5.74, 6) is -1.02. The number of fused-ring (bicyclic) bond motifs is 1. The third-order valence-electron chi connectivity index (χ3n) is 5.85. The van der Waals surface area contributed by atoms with E-state index in [1.54, 1.807) is 0 Å². The van der Waals surface area contributed by atoms with Crippen LogP contribution in [0.1, 0.15) is 43.8 Å².